The maximum absolute atomic E-state index is 12.0. The van der Waals surface area contributed by atoms with Crippen molar-refractivity contribution >= 4 is 32.4 Å². The number of pyridine rings is 1. The number of hydrogen-bond donors (Lipinski definition) is 0. The van der Waals surface area contributed by atoms with Crippen LogP contribution in [0.3, 0.4) is 0 Å². The molecule has 0 radical (unpaired) electrons. The fourth-order valence-corrected chi connectivity index (χ4v) is 2.90. The van der Waals surface area contributed by atoms with Crippen LogP contribution in [0.25, 0.3) is 10.2 Å². The molecule has 0 amide bonds. The van der Waals surface area contributed by atoms with Crippen molar-refractivity contribution < 1.29 is 0 Å². The predicted octanol–water partition coefficient (Wildman–Crippen LogP) is 3.13. The number of aromatic nitrogens is 2. The molecule has 0 saturated heterocycles. The summed E-state index contributed by atoms with van der Waals surface area (Å²) in [4.78, 5) is 23.1. The van der Waals surface area contributed by atoms with Crippen molar-refractivity contribution in [2.45, 2.75) is 6.92 Å². The zero-order chi connectivity index (χ0) is 14.1. The number of anilines is 2. The number of nitrogens with zero attached hydrogens (tertiary/aromatic N) is 3. The van der Waals surface area contributed by atoms with E-state index in [0.717, 1.165) is 5.69 Å². The predicted molar refractivity (Wildman–Crippen MR) is 82.9 cm³/mol. The van der Waals surface area contributed by atoms with E-state index in [1.54, 1.807) is 18.3 Å². The minimum absolute atomic E-state index is 0.235. The smallest absolute Gasteiger partial charge is 0.282 e. The second-order valence-corrected chi connectivity index (χ2v) is 5.51. The summed E-state index contributed by atoms with van der Waals surface area (Å²) in [6, 6.07) is 11.6. The molecule has 0 aliphatic heterocycles. The molecule has 0 N–H and O–H groups in total. The number of benzene rings is 1. The van der Waals surface area contributed by atoms with Crippen LogP contribution in [-0.4, -0.2) is 17.0 Å². The van der Waals surface area contributed by atoms with Crippen LogP contribution in [-0.2, 0) is 0 Å². The molecule has 20 heavy (non-hydrogen) atoms. The summed E-state index contributed by atoms with van der Waals surface area (Å²) < 4.78 is 0. The van der Waals surface area contributed by atoms with Crippen LogP contribution in [0.4, 0.5) is 10.8 Å². The van der Waals surface area contributed by atoms with Crippen LogP contribution in [0.5, 0.6) is 0 Å². The lowest BCUT2D eigenvalue weighted by atomic mass is 10.2. The van der Waals surface area contributed by atoms with Gasteiger partial charge in [0, 0.05) is 18.9 Å². The monoisotopic (exact) mass is 283 g/mol. The van der Waals surface area contributed by atoms with E-state index in [2.05, 4.69) is 16.0 Å². The van der Waals surface area contributed by atoms with Gasteiger partial charge in [0.25, 0.3) is 5.56 Å². The number of fused-ring (bicyclic) bond motifs is 1. The molecule has 0 saturated carbocycles. The van der Waals surface area contributed by atoms with Gasteiger partial charge in [-0.05, 0) is 36.8 Å². The first-order valence-electron chi connectivity index (χ1n) is 6.21. The minimum Gasteiger partial charge on any atom is -0.321 e. The van der Waals surface area contributed by atoms with Crippen molar-refractivity contribution in [3.05, 3.63) is 58.5 Å². The third-order valence-corrected chi connectivity index (χ3v) is 4.13. The van der Waals surface area contributed by atoms with E-state index in [9.17, 15) is 4.79 Å². The van der Waals surface area contributed by atoms with Gasteiger partial charge in [-0.2, -0.15) is 4.98 Å². The molecule has 0 spiro atoms. The molecule has 100 valence electrons. The highest BCUT2D eigenvalue weighted by atomic mass is 32.1. The Kier molecular flexibility index (Phi) is 3.20. The highest BCUT2D eigenvalue weighted by Gasteiger charge is 2.10. The van der Waals surface area contributed by atoms with Gasteiger partial charge in [-0.3, -0.25) is 4.79 Å². The lowest BCUT2D eigenvalue weighted by Crippen LogP contribution is -2.15. The zero-order valence-corrected chi connectivity index (χ0v) is 12.0. The Morgan fingerprint density at radius 2 is 2.05 bits per heavy atom. The Bertz CT molecular complexity index is 828. The summed E-state index contributed by atoms with van der Waals surface area (Å²) >= 11 is 1.41. The van der Waals surface area contributed by atoms with Crippen molar-refractivity contribution in [3.8, 4) is 0 Å². The summed E-state index contributed by atoms with van der Waals surface area (Å²) in [7, 11) is 1.90. The van der Waals surface area contributed by atoms with Crippen molar-refractivity contribution in [2.75, 3.05) is 11.9 Å². The molecule has 0 aliphatic rings. The fourth-order valence-electron chi connectivity index (χ4n) is 1.98. The van der Waals surface area contributed by atoms with Gasteiger partial charge >= 0.3 is 0 Å². The molecule has 0 aliphatic carbocycles. The maximum Gasteiger partial charge on any atom is 0.282 e. The molecule has 5 heteroatoms. The van der Waals surface area contributed by atoms with Crippen molar-refractivity contribution in [1.29, 1.82) is 0 Å². The van der Waals surface area contributed by atoms with Crippen molar-refractivity contribution in [1.82, 2.24) is 9.97 Å². The lowest BCUT2D eigenvalue weighted by molar-refractivity contribution is 1.14. The first-order chi connectivity index (χ1) is 9.65. The molecule has 2 heterocycles. The first kappa shape index (κ1) is 12.7. The first-order valence-corrected chi connectivity index (χ1v) is 7.03. The Labute approximate surface area is 120 Å². The summed E-state index contributed by atoms with van der Waals surface area (Å²) in [5.41, 5.74) is 1.94. The number of rotatable bonds is 2. The summed E-state index contributed by atoms with van der Waals surface area (Å²) in [6.07, 6.45) is 1.69. The van der Waals surface area contributed by atoms with E-state index < -0.39 is 0 Å². The van der Waals surface area contributed by atoms with Gasteiger partial charge in [0.1, 0.15) is 4.83 Å². The molecule has 0 bridgehead atoms. The van der Waals surface area contributed by atoms with Crippen LogP contribution < -0.4 is 10.5 Å². The average Bonchev–Trinajstić information content (AvgIpc) is 2.46. The van der Waals surface area contributed by atoms with E-state index in [1.165, 1.54) is 16.9 Å². The SMILES string of the molecule is Cc1cccc(N(C)c2nc(=O)c3cccnc3s2)c1. The zero-order valence-electron chi connectivity index (χ0n) is 11.2. The molecule has 4 nitrogen and oxygen atoms in total. The quantitative estimate of drug-likeness (QED) is 0.725. The van der Waals surface area contributed by atoms with Gasteiger partial charge in [0.05, 0.1) is 5.39 Å². The number of hydrogen-bond acceptors (Lipinski definition) is 5. The Balaban J connectivity index is 2.12. The van der Waals surface area contributed by atoms with Gasteiger partial charge in [-0.15, -0.1) is 0 Å². The van der Waals surface area contributed by atoms with Gasteiger partial charge in [0.2, 0.25) is 0 Å². The molecular formula is C15H13N3OS. The van der Waals surface area contributed by atoms with Crippen molar-refractivity contribution in [2.24, 2.45) is 0 Å². The topological polar surface area (TPSA) is 46.1 Å². The highest BCUT2D eigenvalue weighted by molar-refractivity contribution is 7.21. The molecule has 3 aromatic rings. The molecule has 2 aromatic heterocycles. The van der Waals surface area contributed by atoms with Gasteiger partial charge in [-0.25, -0.2) is 4.98 Å². The lowest BCUT2D eigenvalue weighted by Gasteiger charge is -2.17. The van der Waals surface area contributed by atoms with Crippen molar-refractivity contribution in [3.63, 3.8) is 0 Å². The van der Waals surface area contributed by atoms with E-state index in [-0.39, 0.29) is 5.56 Å². The van der Waals surface area contributed by atoms with E-state index in [4.69, 9.17) is 0 Å². The fraction of sp³-hybridized carbons (Fsp3) is 0.133. The molecular weight excluding hydrogens is 270 g/mol. The van der Waals surface area contributed by atoms with Gasteiger partial charge in [0.15, 0.2) is 5.13 Å². The minimum atomic E-state index is -0.235. The average molecular weight is 283 g/mol. The normalized spacial score (nSPS) is 10.7. The summed E-state index contributed by atoms with van der Waals surface area (Å²) in [6.45, 7) is 2.04. The summed E-state index contributed by atoms with van der Waals surface area (Å²) in [5.74, 6) is 0. The third kappa shape index (κ3) is 2.28. The largest absolute Gasteiger partial charge is 0.321 e. The highest BCUT2D eigenvalue weighted by Crippen LogP contribution is 2.27. The van der Waals surface area contributed by atoms with Crippen LogP contribution in [0.15, 0.2) is 47.4 Å². The molecule has 0 atom stereocenters. The Hall–Kier alpha value is -2.27. The van der Waals surface area contributed by atoms with Crippen LogP contribution in [0.1, 0.15) is 5.56 Å². The second kappa shape index (κ2) is 5.02. The maximum atomic E-state index is 12.0. The van der Waals surface area contributed by atoms with Crippen LogP contribution >= 0.6 is 11.3 Å². The molecule has 0 unspecified atom stereocenters. The number of aryl methyl sites for hydroxylation is 1. The Morgan fingerprint density at radius 1 is 1.20 bits per heavy atom. The van der Waals surface area contributed by atoms with E-state index in [0.29, 0.717) is 15.3 Å². The van der Waals surface area contributed by atoms with Crippen LogP contribution in [0, 0.1) is 6.92 Å². The van der Waals surface area contributed by atoms with E-state index in [1.807, 2.05) is 37.1 Å². The third-order valence-electron chi connectivity index (χ3n) is 3.06. The second-order valence-electron chi connectivity index (χ2n) is 4.56. The molecule has 0 fully saturated rings. The standard InChI is InChI=1S/C15H13N3OS/c1-10-5-3-6-11(9-10)18(2)15-17-13(19)12-7-4-8-16-14(12)20-15/h3-9H,1-2H3. The molecule has 1 aromatic carbocycles. The van der Waals surface area contributed by atoms with Crippen LogP contribution in [0.2, 0.25) is 0 Å². The van der Waals surface area contributed by atoms with E-state index >= 15 is 0 Å². The van der Waals surface area contributed by atoms with Gasteiger partial charge < -0.3 is 4.90 Å². The molecule has 3 rings (SSSR count). The van der Waals surface area contributed by atoms with Gasteiger partial charge in [-0.1, -0.05) is 23.5 Å². The summed E-state index contributed by atoms with van der Waals surface area (Å²) in [5, 5.41) is 1.21. The Morgan fingerprint density at radius 3 is 2.85 bits per heavy atom.